The highest BCUT2D eigenvalue weighted by molar-refractivity contribution is 6.07. The van der Waals surface area contributed by atoms with Crippen molar-refractivity contribution in [1.29, 1.82) is 0 Å². The van der Waals surface area contributed by atoms with Crippen molar-refractivity contribution in [1.82, 2.24) is 9.88 Å². The summed E-state index contributed by atoms with van der Waals surface area (Å²) in [5, 5.41) is 13.4. The van der Waals surface area contributed by atoms with Crippen molar-refractivity contribution in [3.8, 4) is 0 Å². The second kappa shape index (κ2) is 4.68. The second-order valence-corrected chi connectivity index (χ2v) is 4.86. The third kappa shape index (κ3) is 2.11. The number of aromatic nitrogens is 1. The number of hydrogen-bond acceptors (Lipinski definition) is 3. The van der Waals surface area contributed by atoms with Crippen LogP contribution >= 0.6 is 0 Å². The monoisotopic (exact) mass is 260 g/mol. The first-order valence-electron chi connectivity index (χ1n) is 6.27. The Morgan fingerprint density at radius 2 is 2.21 bits per heavy atom. The third-order valence-electron chi connectivity index (χ3n) is 3.51. The average Bonchev–Trinajstić information content (AvgIpc) is 2.95. The molecule has 1 aliphatic heterocycles. The first kappa shape index (κ1) is 12.2. The molecule has 1 aromatic carbocycles. The summed E-state index contributed by atoms with van der Waals surface area (Å²) >= 11 is 0. The van der Waals surface area contributed by atoms with Crippen LogP contribution in [0.1, 0.15) is 10.4 Å². The Kier molecular flexibility index (Phi) is 3.00. The van der Waals surface area contributed by atoms with Crippen molar-refractivity contribution in [3.63, 3.8) is 0 Å². The van der Waals surface area contributed by atoms with Gasteiger partial charge in [-0.05, 0) is 6.07 Å². The van der Waals surface area contributed by atoms with Gasteiger partial charge in [0.1, 0.15) is 0 Å². The van der Waals surface area contributed by atoms with Crippen molar-refractivity contribution >= 4 is 16.8 Å². The van der Waals surface area contributed by atoms with E-state index in [1.54, 1.807) is 0 Å². The molecular formula is C14H16N2O3. The van der Waals surface area contributed by atoms with E-state index >= 15 is 0 Å². The van der Waals surface area contributed by atoms with E-state index in [1.807, 2.05) is 42.1 Å². The van der Waals surface area contributed by atoms with Gasteiger partial charge in [0, 0.05) is 24.1 Å². The molecule has 1 fully saturated rings. The molecule has 2 aromatic rings. The maximum absolute atomic E-state index is 12.3. The molecule has 100 valence electrons. The zero-order chi connectivity index (χ0) is 13.4. The van der Waals surface area contributed by atoms with E-state index < -0.39 is 6.10 Å². The molecule has 0 radical (unpaired) electrons. The van der Waals surface area contributed by atoms with E-state index in [-0.39, 0.29) is 18.6 Å². The van der Waals surface area contributed by atoms with E-state index in [4.69, 9.17) is 4.74 Å². The Labute approximate surface area is 110 Å². The highest BCUT2D eigenvalue weighted by atomic mass is 16.5. The quantitative estimate of drug-likeness (QED) is 0.834. The van der Waals surface area contributed by atoms with Crippen LogP contribution in [-0.2, 0) is 11.8 Å². The second-order valence-electron chi connectivity index (χ2n) is 4.86. The number of benzene rings is 1. The number of para-hydroxylation sites is 1. The van der Waals surface area contributed by atoms with Crippen LogP contribution in [0.15, 0.2) is 30.5 Å². The summed E-state index contributed by atoms with van der Waals surface area (Å²) in [5.74, 6) is -0.175. The minimum Gasteiger partial charge on any atom is -0.388 e. The number of nitrogens with zero attached hydrogens (tertiary/aromatic N) is 1. The van der Waals surface area contributed by atoms with E-state index in [9.17, 15) is 9.90 Å². The molecule has 1 saturated heterocycles. The third-order valence-corrected chi connectivity index (χ3v) is 3.51. The SMILES string of the molecule is Cn1cc(C(=O)N[C@H]2COC[C@@H]2O)c2ccccc21. The Hall–Kier alpha value is -1.85. The zero-order valence-electron chi connectivity index (χ0n) is 10.7. The highest BCUT2D eigenvalue weighted by Gasteiger charge is 2.28. The van der Waals surface area contributed by atoms with E-state index in [1.165, 1.54) is 0 Å². The number of aliphatic hydroxyl groups excluding tert-OH is 1. The molecule has 5 nitrogen and oxygen atoms in total. The molecule has 1 aromatic heterocycles. The predicted molar refractivity (Wildman–Crippen MR) is 71.0 cm³/mol. The Balaban J connectivity index is 1.89. The number of fused-ring (bicyclic) bond motifs is 1. The summed E-state index contributed by atoms with van der Waals surface area (Å²) in [7, 11) is 1.91. The largest absolute Gasteiger partial charge is 0.388 e. The summed E-state index contributed by atoms with van der Waals surface area (Å²) < 4.78 is 7.05. The van der Waals surface area contributed by atoms with Gasteiger partial charge in [-0.2, -0.15) is 0 Å². The van der Waals surface area contributed by atoms with Crippen LogP contribution in [0, 0.1) is 0 Å². The average molecular weight is 260 g/mol. The van der Waals surface area contributed by atoms with Crippen LogP contribution in [0.5, 0.6) is 0 Å². The molecule has 0 unspecified atom stereocenters. The predicted octanol–water partition coefficient (Wildman–Crippen LogP) is 0.668. The van der Waals surface area contributed by atoms with Crippen LogP contribution in [0.25, 0.3) is 10.9 Å². The molecule has 0 saturated carbocycles. The van der Waals surface area contributed by atoms with E-state index in [2.05, 4.69) is 5.32 Å². The molecule has 0 aliphatic carbocycles. The van der Waals surface area contributed by atoms with Crippen LogP contribution < -0.4 is 5.32 Å². The number of carbonyl (C=O) groups is 1. The Bertz CT molecular complexity index is 620. The first-order chi connectivity index (χ1) is 9.16. The molecule has 0 spiro atoms. The number of hydrogen-bond donors (Lipinski definition) is 2. The lowest BCUT2D eigenvalue weighted by Crippen LogP contribution is -2.42. The zero-order valence-corrected chi connectivity index (χ0v) is 10.7. The lowest BCUT2D eigenvalue weighted by atomic mass is 10.1. The Morgan fingerprint density at radius 1 is 1.42 bits per heavy atom. The molecule has 2 N–H and O–H groups in total. The molecule has 3 rings (SSSR count). The van der Waals surface area contributed by atoms with Gasteiger partial charge < -0.3 is 19.7 Å². The lowest BCUT2D eigenvalue weighted by Gasteiger charge is -2.13. The fraction of sp³-hybridized carbons (Fsp3) is 0.357. The molecular weight excluding hydrogens is 244 g/mol. The maximum atomic E-state index is 12.3. The molecule has 2 heterocycles. The van der Waals surface area contributed by atoms with Crippen LogP contribution in [0.4, 0.5) is 0 Å². The summed E-state index contributed by atoms with van der Waals surface area (Å²) in [6.45, 7) is 0.637. The number of aliphatic hydroxyl groups is 1. The van der Waals surface area contributed by atoms with Crippen LogP contribution in [-0.4, -0.2) is 40.9 Å². The Morgan fingerprint density at radius 3 is 2.95 bits per heavy atom. The van der Waals surface area contributed by atoms with Gasteiger partial charge >= 0.3 is 0 Å². The number of amides is 1. The standard InChI is InChI=1S/C14H16N2O3/c1-16-6-10(9-4-2-3-5-12(9)16)14(18)15-11-7-19-8-13(11)17/h2-6,11,13,17H,7-8H2,1H3,(H,15,18)/t11-,13-/m0/s1. The summed E-state index contributed by atoms with van der Waals surface area (Å²) in [5.41, 5.74) is 1.63. The van der Waals surface area contributed by atoms with E-state index in [0.717, 1.165) is 10.9 Å². The number of nitrogens with one attached hydrogen (secondary N) is 1. The molecule has 2 atom stereocenters. The van der Waals surface area contributed by atoms with Gasteiger partial charge in [0.2, 0.25) is 0 Å². The van der Waals surface area contributed by atoms with Crippen LogP contribution in [0.3, 0.4) is 0 Å². The van der Waals surface area contributed by atoms with Gasteiger partial charge in [-0.1, -0.05) is 18.2 Å². The molecule has 0 bridgehead atoms. The smallest absolute Gasteiger partial charge is 0.253 e. The summed E-state index contributed by atoms with van der Waals surface area (Å²) in [6, 6.07) is 7.42. The van der Waals surface area contributed by atoms with Gasteiger partial charge in [-0.25, -0.2) is 0 Å². The lowest BCUT2D eigenvalue weighted by molar-refractivity contribution is 0.0888. The molecule has 19 heavy (non-hydrogen) atoms. The minimum atomic E-state index is -0.626. The van der Waals surface area contributed by atoms with Crippen molar-refractivity contribution in [2.45, 2.75) is 12.1 Å². The number of carbonyl (C=O) groups excluding carboxylic acids is 1. The van der Waals surface area contributed by atoms with Gasteiger partial charge in [0.05, 0.1) is 30.9 Å². The van der Waals surface area contributed by atoms with Crippen molar-refractivity contribution < 1.29 is 14.6 Å². The molecule has 5 heteroatoms. The van der Waals surface area contributed by atoms with Crippen molar-refractivity contribution in [3.05, 3.63) is 36.0 Å². The summed E-state index contributed by atoms with van der Waals surface area (Å²) in [4.78, 5) is 12.3. The van der Waals surface area contributed by atoms with Gasteiger partial charge in [-0.3, -0.25) is 4.79 Å². The summed E-state index contributed by atoms with van der Waals surface area (Å²) in [6.07, 6.45) is 1.18. The minimum absolute atomic E-state index is 0.175. The van der Waals surface area contributed by atoms with Gasteiger partial charge in [0.25, 0.3) is 5.91 Å². The van der Waals surface area contributed by atoms with Gasteiger partial charge in [-0.15, -0.1) is 0 Å². The normalized spacial score (nSPS) is 22.8. The van der Waals surface area contributed by atoms with Crippen molar-refractivity contribution in [2.24, 2.45) is 7.05 Å². The van der Waals surface area contributed by atoms with Crippen LogP contribution in [0.2, 0.25) is 0 Å². The van der Waals surface area contributed by atoms with E-state index in [0.29, 0.717) is 12.2 Å². The first-order valence-corrected chi connectivity index (χ1v) is 6.27. The topological polar surface area (TPSA) is 63.5 Å². The fourth-order valence-electron chi connectivity index (χ4n) is 2.45. The number of ether oxygens (including phenoxy) is 1. The maximum Gasteiger partial charge on any atom is 0.253 e. The molecule has 1 aliphatic rings. The number of rotatable bonds is 2. The fourth-order valence-corrected chi connectivity index (χ4v) is 2.45. The highest BCUT2D eigenvalue weighted by Crippen LogP contribution is 2.20. The van der Waals surface area contributed by atoms with Gasteiger partial charge in [0.15, 0.2) is 0 Å². The molecule has 1 amide bonds. The number of aryl methyl sites for hydroxylation is 1. The van der Waals surface area contributed by atoms with Crippen molar-refractivity contribution in [2.75, 3.05) is 13.2 Å².